The molecule has 1 saturated heterocycles. The van der Waals surface area contributed by atoms with Gasteiger partial charge in [0.15, 0.2) is 0 Å². The molecule has 1 fully saturated rings. The average molecular weight is 294 g/mol. The maximum Gasteiger partial charge on any atom is 0.224 e. The van der Waals surface area contributed by atoms with Gasteiger partial charge in [-0.15, -0.1) is 0 Å². The van der Waals surface area contributed by atoms with E-state index in [2.05, 4.69) is 10.00 Å². The van der Waals surface area contributed by atoms with Gasteiger partial charge in [-0.2, -0.15) is 5.10 Å². The van der Waals surface area contributed by atoms with Crippen LogP contribution in [0.25, 0.3) is 0 Å². The van der Waals surface area contributed by atoms with E-state index in [4.69, 9.17) is 0 Å². The van der Waals surface area contributed by atoms with Crippen molar-refractivity contribution in [3.63, 3.8) is 0 Å². The molecule has 0 aliphatic carbocycles. The van der Waals surface area contributed by atoms with Crippen molar-refractivity contribution in [3.05, 3.63) is 18.0 Å². The van der Waals surface area contributed by atoms with Crippen molar-refractivity contribution in [2.75, 3.05) is 40.3 Å². The number of hydrogen-bond acceptors (Lipinski definition) is 4. The van der Waals surface area contributed by atoms with Crippen LogP contribution in [0, 0.1) is 18.8 Å². The molecule has 0 unspecified atom stereocenters. The summed E-state index contributed by atoms with van der Waals surface area (Å²) in [5.41, 5.74) is 1.07. The van der Waals surface area contributed by atoms with Crippen molar-refractivity contribution in [2.45, 2.75) is 19.9 Å². The Bertz CT molecular complexity index is 472. The van der Waals surface area contributed by atoms with Gasteiger partial charge in [-0.25, -0.2) is 0 Å². The van der Waals surface area contributed by atoms with Crippen LogP contribution in [0.15, 0.2) is 12.3 Å². The van der Waals surface area contributed by atoms with Crippen molar-refractivity contribution in [3.8, 4) is 0 Å². The lowest BCUT2D eigenvalue weighted by Crippen LogP contribution is -2.31. The molecule has 1 aliphatic rings. The number of aliphatic hydroxyl groups is 1. The van der Waals surface area contributed by atoms with E-state index in [1.807, 2.05) is 36.7 Å². The summed E-state index contributed by atoms with van der Waals surface area (Å²) < 4.78 is 1.86. The number of aromatic nitrogens is 2. The maximum atomic E-state index is 12.3. The smallest absolute Gasteiger partial charge is 0.224 e. The second-order valence-electron chi connectivity index (χ2n) is 6.21. The number of aryl methyl sites for hydroxylation is 2. The van der Waals surface area contributed by atoms with E-state index in [0.29, 0.717) is 25.4 Å². The first-order chi connectivity index (χ1) is 10.0. The first-order valence-corrected chi connectivity index (χ1v) is 7.53. The summed E-state index contributed by atoms with van der Waals surface area (Å²) in [6.07, 6.45) is 2.22. The van der Waals surface area contributed by atoms with Crippen LogP contribution >= 0.6 is 0 Å². The van der Waals surface area contributed by atoms with Crippen LogP contribution < -0.4 is 0 Å². The van der Waals surface area contributed by atoms with Gasteiger partial charge in [0, 0.05) is 57.0 Å². The van der Waals surface area contributed by atoms with Crippen LogP contribution in [0.5, 0.6) is 0 Å². The van der Waals surface area contributed by atoms with E-state index in [-0.39, 0.29) is 18.4 Å². The molecule has 6 nitrogen and oxygen atoms in total. The Labute approximate surface area is 126 Å². The van der Waals surface area contributed by atoms with Crippen molar-refractivity contribution in [2.24, 2.45) is 11.8 Å². The molecule has 1 aliphatic heterocycles. The Morgan fingerprint density at radius 2 is 2.14 bits per heavy atom. The molecule has 6 heteroatoms. The third-order valence-corrected chi connectivity index (χ3v) is 4.23. The predicted molar refractivity (Wildman–Crippen MR) is 80.8 cm³/mol. The molecule has 0 aromatic carbocycles. The zero-order valence-corrected chi connectivity index (χ0v) is 13.2. The van der Waals surface area contributed by atoms with Gasteiger partial charge in [0.1, 0.15) is 0 Å². The normalized spacial score (nSPS) is 22.2. The van der Waals surface area contributed by atoms with Gasteiger partial charge in [-0.05, 0) is 33.0 Å². The molecule has 2 rings (SSSR count). The number of nitrogens with zero attached hydrogens (tertiary/aromatic N) is 4. The van der Waals surface area contributed by atoms with E-state index in [1.165, 1.54) is 0 Å². The zero-order chi connectivity index (χ0) is 15.4. The fraction of sp³-hybridized carbons (Fsp3) is 0.733. The molecule has 1 amide bonds. The Kier molecular flexibility index (Phi) is 5.36. The highest BCUT2D eigenvalue weighted by Gasteiger charge is 2.34. The highest BCUT2D eigenvalue weighted by molar-refractivity contribution is 5.76. The lowest BCUT2D eigenvalue weighted by molar-refractivity contribution is -0.130. The number of hydrogen-bond donors (Lipinski definition) is 1. The van der Waals surface area contributed by atoms with E-state index >= 15 is 0 Å². The van der Waals surface area contributed by atoms with E-state index in [1.54, 1.807) is 6.20 Å². The SMILES string of the molecule is Cc1ccnn1CCC(=O)N1C[C@@H](CN(C)C)[C@@H](CO)C1. The van der Waals surface area contributed by atoms with E-state index in [0.717, 1.165) is 18.8 Å². The van der Waals surface area contributed by atoms with Crippen molar-refractivity contribution in [1.29, 1.82) is 0 Å². The lowest BCUT2D eigenvalue weighted by atomic mass is 9.97. The number of rotatable bonds is 6. The lowest BCUT2D eigenvalue weighted by Gasteiger charge is -2.20. The third-order valence-electron chi connectivity index (χ3n) is 4.23. The molecule has 1 aromatic heterocycles. The molecule has 0 radical (unpaired) electrons. The standard InChI is InChI=1S/C15H26N4O2/c1-12-4-6-16-19(12)7-5-15(21)18-9-13(8-17(2)3)14(10-18)11-20/h4,6,13-14,20H,5,7-11H2,1-3H3/t13-,14-/m1/s1. The molecule has 118 valence electrons. The molecule has 0 saturated carbocycles. The van der Waals surface area contributed by atoms with Crippen LogP contribution in [-0.2, 0) is 11.3 Å². The number of carbonyl (C=O) groups is 1. The molecule has 2 atom stereocenters. The van der Waals surface area contributed by atoms with Gasteiger partial charge in [-0.3, -0.25) is 9.48 Å². The highest BCUT2D eigenvalue weighted by Crippen LogP contribution is 2.24. The minimum absolute atomic E-state index is 0.153. The predicted octanol–water partition coefficient (Wildman–Crippen LogP) is 0.210. The Hall–Kier alpha value is -1.40. The van der Waals surface area contributed by atoms with Crippen LogP contribution in [0.2, 0.25) is 0 Å². The summed E-state index contributed by atoms with van der Waals surface area (Å²) in [4.78, 5) is 16.4. The number of likely N-dealkylation sites (tertiary alicyclic amines) is 1. The number of carbonyl (C=O) groups excluding carboxylic acids is 1. The van der Waals surface area contributed by atoms with Gasteiger partial charge in [0.2, 0.25) is 5.91 Å². The van der Waals surface area contributed by atoms with E-state index < -0.39 is 0 Å². The van der Waals surface area contributed by atoms with Crippen LogP contribution in [0.1, 0.15) is 12.1 Å². The fourth-order valence-corrected chi connectivity index (χ4v) is 3.02. The number of amides is 1. The monoisotopic (exact) mass is 294 g/mol. The quantitative estimate of drug-likeness (QED) is 0.815. The largest absolute Gasteiger partial charge is 0.396 e. The van der Waals surface area contributed by atoms with Gasteiger partial charge < -0.3 is 14.9 Å². The summed E-state index contributed by atoms with van der Waals surface area (Å²) in [6.45, 7) is 5.10. The molecule has 2 heterocycles. The van der Waals surface area contributed by atoms with Crippen LogP contribution in [0.4, 0.5) is 0 Å². The molecule has 1 N–H and O–H groups in total. The minimum atomic E-state index is 0.153. The Balaban J connectivity index is 1.87. The van der Waals surface area contributed by atoms with Gasteiger partial charge in [0.25, 0.3) is 0 Å². The molecule has 0 bridgehead atoms. The minimum Gasteiger partial charge on any atom is -0.396 e. The van der Waals surface area contributed by atoms with Gasteiger partial charge in [0.05, 0.1) is 0 Å². The molecule has 1 aromatic rings. The third kappa shape index (κ3) is 4.04. The first kappa shape index (κ1) is 16.0. The van der Waals surface area contributed by atoms with Crippen LogP contribution in [0.3, 0.4) is 0 Å². The average Bonchev–Trinajstić information content (AvgIpc) is 3.02. The Morgan fingerprint density at radius 3 is 2.71 bits per heavy atom. The van der Waals surface area contributed by atoms with Gasteiger partial charge >= 0.3 is 0 Å². The van der Waals surface area contributed by atoms with Crippen molar-refractivity contribution >= 4 is 5.91 Å². The van der Waals surface area contributed by atoms with Crippen LogP contribution in [-0.4, -0.2) is 70.9 Å². The second kappa shape index (κ2) is 7.04. The molecule has 21 heavy (non-hydrogen) atoms. The first-order valence-electron chi connectivity index (χ1n) is 7.53. The summed E-state index contributed by atoms with van der Waals surface area (Å²) in [5.74, 6) is 0.716. The summed E-state index contributed by atoms with van der Waals surface area (Å²) in [6, 6.07) is 1.94. The summed E-state index contributed by atoms with van der Waals surface area (Å²) in [7, 11) is 4.05. The van der Waals surface area contributed by atoms with Crippen molar-refractivity contribution in [1.82, 2.24) is 19.6 Å². The molecular formula is C15H26N4O2. The van der Waals surface area contributed by atoms with E-state index in [9.17, 15) is 9.90 Å². The topological polar surface area (TPSA) is 61.6 Å². The molecule has 0 spiro atoms. The molecular weight excluding hydrogens is 268 g/mol. The summed E-state index contributed by atoms with van der Waals surface area (Å²) in [5, 5.41) is 13.7. The Morgan fingerprint density at radius 1 is 1.43 bits per heavy atom. The number of aliphatic hydroxyl groups excluding tert-OH is 1. The summed E-state index contributed by atoms with van der Waals surface area (Å²) >= 11 is 0. The van der Waals surface area contributed by atoms with Gasteiger partial charge in [-0.1, -0.05) is 0 Å². The maximum absolute atomic E-state index is 12.3. The highest BCUT2D eigenvalue weighted by atomic mass is 16.3. The zero-order valence-electron chi connectivity index (χ0n) is 13.2. The fourth-order valence-electron chi connectivity index (χ4n) is 3.02. The van der Waals surface area contributed by atoms with Crippen molar-refractivity contribution < 1.29 is 9.90 Å². The second-order valence-corrected chi connectivity index (χ2v) is 6.21.